The summed E-state index contributed by atoms with van der Waals surface area (Å²) in [4.78, 5) is 26.2. The Labute approximate surface area is 193 Å². The van der Waals surface area contributed by atoms with Crippen LogP contribution in [0.1, 0.15) is 36.7 Å². The van der Waals surface area contributed by atoms with E-state index in [1.54, 1.807) is 25.3 Å². The number of rotatable bonds is 9. The van der Waals surface area contributed by atoms with Gasteiger partial charge in [0.25, 0.3) is 11.8 Å². The van der Waals surface area contributed by atoms with Gasteiger partial charge in [-0.05, 0) is 36.2 Å². The van der Waals surface area contributed by atoms with E-state index in [0.717, 1.165) is 20.5 Å². The van der Waals surface area contributed by atoms with Crippen LogP contribution >= 0.6 is 27.3 Å². The molecule has 0 atom stereocenters. The highest BCUT2D eigenvalue weighted by molar-refractivity contribution is 9.10. The molecule has 2 amide bonds. The van der Waals surface area contributed by atoms with Gasteiger partial charge < -0.3 is 20.5 Å². The van der Waals surface area contributed by atoms with Crippen LogP contribution in [-0.4, -0.2) is 32.1 Å². The molecule has 0 fully saturated rings. The van der Waals surface area contributed by atoms with Crippen LogP contribution in [0.5, 0.6) is 5.75 Å². The number of hydrogen-bond acceptors (Lipinski definition) is 5. The van der Waals surface area contributed by atoms with Gasteiger partial charge >= 0.3 is 0 Å². The summed E-state index contributed by atoms with van der Waals surface area (Å²) in [6.45, 7) is 2.56. The highest BCUT2D eigenvalue weighted by Crippen LogP contribution is 2.35. The van der Waals surface area contributed by atoms with E-state index in [-0.39, 0.29) is 5.91 Å². The minimum absolute atomic E-state index is 0.310. The number of methoxy groups -OCH3 is 1. The van der Waals surface area contributed by atoms with Gasteiger partial charge in [-0.3, -0.25) is 9.59 Å². The number of thiophene rings is 1. The van der Waals surface area contributed by atoms with Crippen LogP contribution in [0.25, 0.3) is 0 Å². The van der Waals surface area contributed by atoms with Gasteiger partial charge in [0.2, 0.25) is 0 Å². The molecule has 0 aliphatic rings. The monoisotopic (exact) mass is 502 g/mol. The summed E-state index contributed by atoms with van der Waals surface area (Å²) in [6.07, 6.45) is 0.649. The topological polar surface area (TPSA) is 90.7 Å². The third-order valence-electron chi connectivity index (χ3n) is 4.66. The molecule has 0 saturated carbocycles. The third-order valence-corrected chi connectivity index (χ3v) is 6.36. The van der Waals surface area contributed by atoms with Crippen molar-refractivity contribution < 1.29 is 19.1 Å². The Morgan fingerprint density at radius 1 is 1.13 bits per heavy atom. The molecular weight excluding hydrogens is 480 g/mol. The number of nitrogens with two attached hydrogens (primary N) is 1. The van der Waals surface area contributed by atoms with E-state index in [4.69, 9.17) is 15.2 Å². The number of anilines is 1. The van der Waals surface area contributed by atoms with E-state index in [9.17, 15) is 9.59 Å². The SMILES string of the molecule is COCCOc1ccc(Br)cc1C(=O)Nc1sc(Cc2ccccc2)c(C)c1C(N)=O. The van der Waals surface area contributed by atoms with Crippen molar-refractivity contribution in [3.05, 3.63) is 80.1 Å². The van der Waals surface area contributed by atoms with Crippen LogP contribution in [0.4, 0.5) is 5.00 Å². The molecule has 1 aromatic heterocycles. The number of amides is 2. The van der Waals surface area contributed by atoms with Crippen molar-refractivity contribution in [3.63, 3.8) is 0 Å². The van der Waals surface area contributed by atoms with E-state index in [0.29, 0.717) is 41.5 Å². The van der Waals surface area contributed by atoms with Crippen LogP contribution in [-0.2, 0) is 11.2 Å². The summed E-state index contributed by atoms with van der Waals surface area (Å²) < 4.78 is 11.4. The molecule has 0 bridgehead atoms. The number of halogens is 1. The molecule has 3 aromatic rings. The second-order valence-corrected chi connectivity index (χ2v) is 8.84. The predicted molar refractivity (Wildman–Crippen MR) is 126 cm³/mol. The normalized spacial score (nSPS) is 10.7. The Morgan fingerprint density at radius 2 is 1.87 bits per heavy atom. The summed E-state index contributed by atoms with van der Waals surface area (Å²) in [5.74, 6) is -0.533. The average molecular weight is 503 g/mol. The van der Waals surface area contributed by atoms with Crippen LogP contribution in [0.2, 0.25) is 0 Å². The lowest BCUT2D eigenvalue weighted by Crippen LogP contribution is -2.18. The second kappa shape index (κ2) is 10.6. The summed E-state index contributed by atoms with van der Waals surface area (Å²) in [6, 6.07) is 15.1. The lowest BCUT2D eigenvalue weighted by molar-refractivity contribution is 0.100. The minimum Gasteiger partial charge on any atom is -0.490 e. The van der Waals surface area contributed by atoms with Crippen molar-refractivity contribution >= 4 is 44.1 Å². The van der Waals surface area contributed by atoms with Gasteiger partial charge in [0.15, 0.2) is 0 Å². The standard InChI is InChI=1S/C23H23BrN2O4S/c1-14-19(12-15-6-4-3-5-7-15)31-23(20(14)21(25)27)26-22(28)17-13-16(24)8-9-18(17)30-11-10-29-2/h3-9,13H,10-12H2,1-2H3,(H2,25,27)(H,26,28). The fourth-order valence-corrected chi connectivity index (χ4v) is 4.71. The molecule has 0 radical (unpaired) electrons. The van der Waals surface area contributed by atoms with Crippen molar-refractivity contribution in [2.45, 2.75) is 13.3 Å². The lowest BCUT2D eigenvalue weighted by atomic mass is 10.1. The van der Waals surface area contributed by atoms with Gasteiger partial charge in [-0.2, -0.15) is 0 Å². The number of carbonyl (C=O) groups is 2. The zero-order valence-corrected chi connectivity index (χ0v) is 19.6. The first-order valence-corrected chi connectivity index (χ1v) is 11.2. The number of primary amides is 1. The maximum absolute atomic E-state index is 13.1. The van der Waals surface area contributed by atoms with Crippen LogP contribution in [0, 0.1) is 6.92 Å². The number of ether oxygens (including phenoxy) is 2. The molecule has 8 heteroatoms. The van der Waals surface area contributed by atoms with Crippen molar-refractivity contribution in [3.8, 4) is 5.75 Å². The zero-order chi connectivity index (χ0) is 22.4. The number of hydrogen-bond donors (Lipinski definition) is 2. The molecule has 3 N–H and O–H groups in total. The molecule has 0 aliphatic heterocycles. The first kappa shape index (κ1) is 23.0. The van der Waals surface area contributed by atoms with Crippen molar-refractivity contribution in [2.24, 2.45) is 5.73 Å². The largest absolute Gasteiger partial charge is 0.490 e. The van der Waals surface area contributed by atoms with Crippen molar-refractivity contribution in [1.29, 1.82) is 0 Å². The van der Waals surface area contributed by atoms with E-state index < -0.39 is 5.91 Å². The molecule has 162 valence electrons. The second-order valence-electron chi connectivity index (χ2n) is 6.82. The quantitative estimate of drug-likeness (QED) is 0.411. The molecule has 0 spiro atoms. The van der Waals surface area contributed by atoms with Crippen molar-refractivity contribution in [1.82, 2.24) is 0 Å². The van der Waals surface area contributed by atoms with Crippen LogP contribution in [0.3, 0.4) is 0 Å². The van der Waals surface area contributed by atoms with Crippen LogP contribution in [0.15, 0.2) is 53.0 Å². The van der Waals surface area contributed by atoms with E-state index in [1.807, 2.05) is 37.3 Å². The number of nitrogens with one attached hydrogen (secondary N) is 1. The molecule has 0 saturated heterocycles. The molecule has 0 aliphatic carbocycles. The first-order chi connectivity index (χ1) is 14.9. The van der Waals surface area contributed by atoms with Gasteiger partial charge in [-0.25, -0.2) is 0 Å². The fourth-order valence-electron chi connectivity index (χ4n) is 3.11. The number of benzene rings is 2. The lowest BCUT2D eigenvalue weighted by Gasteiger charge is -2.12. The van der Waals surface area contributed by atoms with Crippen LogP contribution < -0.4 is 15.8 Å². The molecule has 0 unspecified atom stereocenters. The Bertz CT molecular complexity index is 1080. The third kappa shape index (κ3) is 5.72. The van der Waals surface area contributed by atoms with Crippen molar-refractivity contribution in [2.75, 3.05) is 25.6 Å². The smallest absolute Gasteiger partial charge is 0.260 e. The van der Waals surface area contributed by atoms with Gasteiger partial charge in [0.05, 0.1) is 17.7 Å². The molecular formula is C23H23BrN2O4S. The molecule has 31 heavy (non-hydrogen) atoms. The van der Waals surface area contributed by atoms with Gasteiger partial charge in [0.1, 0.15) is 17.4 Å². The average Bonchev–Trinajstić information content (AvgIpc) is 3.04. The first-order valence-electron chi connectivity index (χ1n) is 9.59. The van der Waals surface area contributed by atoms with E-state index in [2.05, 4.69) is 21.2 Å². The highest BCUT2D eigenvalue weighted by atomic mass is 79.9. The summed E-state index contributed by atoms with van der Waals surface area (Å²) in [7, 11) is 1.58. The van der Waals surface area contributed by atoms with E-state index >= 15 is 0 Å². The molecule has 3 rings (SSSR count). The molecule has 6 nitrogen and oxygen atoms in total. The maximum atomic E-state index is 13.1. The highest BCUT2D eigenvalue weighted by Gasteiger charge is 2.23. The Balaban J connectivity index is 1.90. The fraction of sp³-hybridized carbons (Fsp3) is 0.217. The Kier molecular flexibility index (Phi) is 7.84. The predicted octanol–water partition coefficient (Wildman–Crippen LogP) is 4.79. The molecule has 1 heterocycles. The number of carbonyl (C=O) groups excluding carboxylic acids is 2. The van der Waals surface area contributed by atoms with Gasteiger partial charge in [-0.1, -0.05) is 46.3 Å². The zero-order valence-electron chi connectivity index (χ0n) is 17.2. The van der Waals surface area contributed by atoms with Gasteiger partial charge in [0, 0.05) is 22.9 Å². The Morgan fingerprint density at radius 3 is 2.55 bits per heavy atom. The summed E-state index contributed by atoms with van der Waals surface area (Å²) in [5.41, 5.74) is 8.21. The summed E-state index contributed by atoms with van der Waals surface area (Å²) in [5, 5.41) is 3.29. The maximum Gasteiger partial charge on any atom is 0.260 e. The molecule has 2 aromatic carbocycles. The minimum atomic E-state index is -0.575. The Hall–Kier alpha value is -2.68. The van der Waals surface area contributed by atoms with Gasteiger partial charge in [-0.15, -0.1) is 11.3 Å². The van der Waals surface area contributed by atoms with E-state index in [1.165, 1.54) is 11.3 Å². The summed E-state index contributed by atoms with van der Waals surface area (Å²) >= 11 is 4.75.